The van der Waals surface area contributed by atoms with Gasteiger partial charge in [0.1, 0.15) is 23.5 Å². The smallest absolute Gasteiger partial charge is 0.229 e. The minimum atomic E-state index is -0.722. The second-order valence-electron chi connectivity index (χ2n) is 5.25. The van der Waals surface area contributed by atoms with Crippen LogP contribution in [-0.4, -0.2) is 9.97 Å². The number of nitrogens with one attached hydrogen (secondary N) is 2. The Bertz CT molecular complexity index is 966. The van der Waals surface area contributed by atoms with Gasteiger partial charge in [-0.15, -0.1) is 0 Å². The third kappa shape index (κ3) is 3.87. The molecule has 0 aliphatic heterocycles. The van der Waals surface area contributed by atoms with Crippen molar-refractivity contribution in [1.29, 1.82) is 5.26 Å². The Balaban J connectivity index is 1.89. The van der Waals surface area contributed by atoms with Gasteiger partial charge in [0.05, 0.1) is 16.9 Å². The number of aryl methyl sites for hydroxylation is 1. The molecule has 7 heteroatoms. The van der Waals surface area contributed by atoms with Crippen molar-refractivity contribution in [1.82, 2.24) is 9.97 Å². The fourth-order valence-corrected chi connectivity index (χ4v) is 2.23. The highest BCUT2D eigenvalue weighted by molar-refractivity contribution is 5.64. The van der Waals surface area contributed by atoms with Gasteiger partial charge in [0.25, 0.3) is 0 Å². The number of nitrogens with zero attached hydrogens (tertiary/aromatic N) is 3. The van der Waals surface area contributed by atoms with E-state index in [4.69, 9.17) is 5.26 Å². The highest BCUT2D eigenvalue weighted by Gasteiger charge is 2.09. The van der Waals surface area contributed by atoms with Crippen LogP contribution in [0.1, 0.15) is 11.3 Å². The Morgan fingerprint density at radius 3 is 2.52 bits per heavy atom. The Hall–Kier alpha value is -3.53. The van der Waals surface area contributed by atoms with Gasteiger partial charge >= 0.3 is 0 Å². The maximum atomic E-state index is 13.8. The number of nitriles is 1. The summed E-state index contributed by atoms with van der Waals surface area (Å²) in [4.78, 5) is 8.52. The lowest BCUT2D eigenvalue weighted by atomic mass is 10.2. The van der Waals surface area contributed by atoms with E-state index in [1.807, 2.05) is 0 Å². The molecule has 25 heavy (non-hydrogen) atoms. The van der Waals surface area contributed by atoms with E-state index >= 15 is 0 Å². The van der Waals surface area contributed by atoms with Crippen LogP contribution in [0.15, 0.2) is 48.5 Å². The van der Waals surface area contributed by atoms with E-state index < -0.39 is 11.6 Å². The summed E-state index contributed by atoms with van der Waals surface area (Å²) in [5, 5.41) is 14.9. The van der Waals surface area contributed by atoms with Crippen LogP contribution < -0.4 is 10.6 Å². The van der Waals surface area contributed by atoms with E-state index in [0.717, 1.165) is 12.1 Å². The minimum absolute atomic E-state index is 0.0999. The zero-order valence-corrected chi connectivity index (χ0v) is 13.2. The summed E-state index contributed by atoms with van der Waals surface area (Å²) in [6.45, 7) is 1.76. The topological polar surface area (TPSA) is 73.6 Å². The van der Waals surface area contributed by atoms with Crippen molar-refractivity contribution in [2.24, 2.45) is 0 Å². The third-order valence-electron chi connectivity index (χ3n) is 3.34. The van der Waals surface area contributed by atoms with E-state index in [1.54, 1.807) is 37.3 Å². The average molecular weight is 337 g/mol. The zero-order chi connectivity index (χ0) is 17.8. The number of hydrogen-bond donors (Lipinski definition) is 2. The van der Waals surface area contributed by atoms with Gasteiger partial charge in [-0.3, -0.25) is 0 Å². The predicted octanol–water partition coefficient (Wildman–Crippen LogP) is 4.42. The molecule has 1 heterocycles. The van der Waals surface area contributed by atoms with Crippen LogP contribution in [-0.2, 0) is 0 Å². The summed E-state index contributed by atoms with van der Waals surface area (Å²) in [7, 11) is 0. The van der Waals surface area contributed by atoms with Crippen molar-refractivity contribution in [2.75, 3.05) is 10.6 Å². The Morgan fingerprint density at radius 2 is 1.76 bits per heavy atom. The molecule has 3 aromatic rings. The summed E-state index contributed by atoms with van der Waals surface area (Å²) >= 11 is 0. The molecule has 2 N–H and O–H groups in total. The van der Waals surface area contributed by atoms with Gasteiger partial charge in [0.15, 0.2) is 0 Å². The first-order chi connectivity index (χ1) is 12.0. The van der Waals surface area contributed by atoms with Gasteiger partial charge in [-0.25, -0.2) is 13.8 Å². The maximum Gasteiger partial charge on any atom is 0.229 e. The lowest BCUT2D eigenvalue weighted by Gasteiger charge is -2.11. The van der Waals surface area contributed by atoms with Crippen LogP contribution in [0.5, 0.6) is 0 Å². The SMILES string of the molecule is Cc1cc(Nc2ccc(F)cc2F)nc(Nc2ccccc2C#N)n1. The molecule has 0 spiro atoms. The average Bonchev–Trinajstić information content (AvgIpc) is 2.57. The Morgan fingerprint density at radius 1 is 0.960 bits per heavy atom. The molecule has 1 aromatic heterocycles. The normalized spacial score (nSPS) is 10.2. The van der Waals surface area contributed by atoms with E-state index in [-0.39, 0.29) is 11.6 Å². The second kappa shape index (κ2) is 6.93. The molecule has 5 nitrogen and oxygen atoms in total. The fourth-order valence-electron chi connectivity index (χ4n) is 2.23. The largest absolute Gasteiger partial charge is 0.338 e. The van der Waals surface area contributed by atoms with Crippen LogP contribution >= 0.6 is 0 Å². The molecule has 0 bridgehead atoms. The number of para-hydroxylation sites is 1. The molecule has 0 aliphatic rings. The molecule has 0 unspecified atom stereocenters. The van der Waals surface area contributed by atoms with Crippen molar-refractivity contribution in [3.63, 3.8) is 0 Å². The van der Waals surface area contributed by atoms with Gasteiger partial charge < -0.3 is 10.6 Å². The van der Waals surface area contributed by atoms with Gasteiger partial charge in [-0.2, -0.15) is 10.2 Å². The highest BCUT2D eigenvalue weighted by atomic mass is 19.1. The molecule has 124 valence electrons. The molecule has 0 amide bonds. The number of anilines is 4. The van der Waals surface area contributed by atoms with Crippen LogP contribution in [0.2, 0.25) is 0 Å². The Labute approximate surface area is 143 Å². The number of benzene rings is 2. The first-order valence-electron chi connectivity index (χ1n) is 7.39. The number of rotatable bonds is 4. The summed E-state index contributed by atoms with van der Waals surface area (Å²) in [6, 6.07) is 13.9. The second-order valence-corrected chi connectivity index (χ2v) is 5.25. The van der Waals surface area contributed by atoms with Crippen LogP contribution in [0.25, 0.3) is 0 Å². The van der Waals surface area contributed by atoms with Crippen molar-refractivity contribution in [2.45, 2.75) is 6.92 Å². The molecule has 3 rings (SSSR count). The van der Waals surface area contributed by atoms with Crippen molar-refractivity contribution >= 4 is 23.1 Å². The molecule has 0 radical (unpaired) electrons. The number of halogens is 2. The molecular weight excluding hydrogens is 324 g/mol. The standard InChI is InChI=1S/C18H13F2N5/c1-11-8-17(23-16-7-6-13(19)9-14(16)20)25-18(22-11)24-15-5-3-2-4-12(15)10-21/h2-9H,1H3,(H2,22,23,24,25). The lowest BCUT2D eigenvalue weighted by molar-refractivity contribution is 0.586. The monoisotopic (exact) mass is 337 g/mol. The van der Waals surface area contributed by atoms with E-state index in [0.29, 0.717) is 22.8 Å². The predicted molar refractivity (Wildman–Crippen MR) is 90.8 cm³/mol. The fraction of sp³-hybridized carbons (Fsp3) is 0.0556. The Kier molecular flexibility index (Phi) is 4.53. The quantitative estimate of drug-likeness (QED) is 0.737. The molecule has 0 saturated carbocycles. The van der Waals surface area contributed by atoms with Crippen LogP contribution in [0.4, 0.5) is 31.9 Å². The summed E-state index contributed by atoms with van der Waals surface area (Å²) in [5.74, 6) is -0.777. The van der Waals surface area contributed by atoms with Gasteiger partial charge in [-0.1, -0.05) is 12.1 Å². The first-order valence-corrected chi connectivity index (χ1v) is 7.39. The maximum absolute atomic E-state index is 13.8. The third-order valence-corrected chi connectivity index (χ3v) is 3.34. The zero-order valence-electron chi connectivity index (χ0n) is 13.2. The van der Waals surface area contributed by atoms with Gasteiger partial charge in [0, 0.05) is 17.8 Å². The lowest BCUT2D eigenvalue weighted by Crippen LogP contribution is -2.04. The van der Waals surface area contributed by atoms with Crippen LogP contribution in [0.3, 0.4) is 0 Å². The summed E-state index contributed by atoms with van der Waals surface area (Å²) in [5.41, 5.74) is 1.75. The van der Waals surface area contributed by atoms with Gasteiger partial charge in [0.2, 0.25) is 5.95 Å². The summed E-state index contributed by atoms with van der Waals surface area (Å²) < 4.78 is 26.8. The van der Waals surface area contributed by atoms with E-state index in [9.17, 15) is 8.78 Å². The van der Waals surface area contributed by atoms with E-state index in [2.05, 4.69) is 26.7 Å². The van der Waals surface area contributed by atoms with Crippen molar-refractivity contribution in [3.8, 4) is 6.07 Å². The number of aromatic nitrogens is 2. The molecule has 0 saturated heterocycles. The molecule has 0 atom stereocenters. The van der Waals surface area contributed by atoms with E-state index in [1.165, 1.54) is 6.07 Å². The van der Waals surface area contributed by atoms with Crippen molar-refractivity contribution in [3.05, 3.63) is 71.4 Å². The first kappa shape index (κ1) is 16.3. The minimum Gasteiger partial charge on any atom is -0.338 e. The summed E-state index contributed by atoms with van der Waals surface area (Å²) in [6.07, 6.45) is 0. The number of hydrogen-bond acceptors (Lipinski definition) is 5. The highest BCUT2D eigenvalue weighted by Crippen LogP contribution is 2.23. The molecule has 0 fully saturated rings. The van der Waals surface area contributed by atoms with Gasteiger partial charge in [-0.05, 0) is 31.2 Å². The van der Waals surface area contributed by atoms with Crippen LogP contribution in [0, 0.1) is 29.9 Å². The molecule has 2 aromatic carbocycles. The molecule has 0 aliphatic carbocycles. The van der Waals surface area contributed by atoms with Crippen molar-refractivity contribution < 1.29 is 8.78 Å². The molecular formula is C18H13F2N5.